The first-order valence-electron chi connectivity index (χ1n) is 16.6. The van der Waals surface area contributed by atoms with Crippen molar-refractivity contribution in [1.29, 1.82) is 0 Å². The summed E-state index contributed by atoms with van der Waals surface area (Å²) >= 11 is 7.42. The molecule has 252 valence electrons. The van der Waals surface area contributed by atoms with E-state index in [-0.39, 0.29) is 11.5 Å². The first kappa shape index (κ1) is 33.3. The number of aromatic nitrogens is 1. The van der Waals surface area contributed by atoms with Gasteiger partial charge in [-0.3, -0.25) is 14.2 Å². The Morgan fingerprint density at radius 1 is 0.900 bits per heavy atom. The summed E-state index contributed by atoms with van der Waals surface area (Å²) in [4.78, 5) is 36.3. The largest absolute Gasteiger partial charge is 0.496 e. The van der Waals surface area contributed by atoms with Gasteiger partial charge in [-0.1, -0.05) is 95.7 Å². The van der Waals surface area contributed by atoms with Gasteiger partial charge in [0, 0.05) is 29.2 Å². The Morgan fingerprint density at radius 2 is 1.54 bits per heavy atom. The second-order valence-electron chi connectivity index (χ2n) is 12.1. The van der Waals surface area contributed by atoms with Crippen molar-refractivity contribution in [2.45, 2.75) is 33.4 Å². The minimum absolute atomic E-state index is 0.155. The van der Waals surface area contributed by atoms with E-state index in [4.69, 9.17) is 26.1 Å². The van der Waals surface area contributed by atoms with Gasteiger partial charge in [-0.25, -0.2) is 4.99 Å². The molecule has 2 heterocycles. The molecule has 1 aliphatic heterocycles. The number of allylic oxidation sites excluding steroid dienone is 1. The van der Waals surface area contributed by atoms with Crippen LogP contribution in [0.4, 0.5) is 0 Å². The number of thiazole rings is 1. The molecule has 5 aromatic carbocycles. The van der Waals surface area contributed by atoms with Gasteiger partial charge in [0.2, 0.25) is 0 Å². The Kier molecular flexibility index (Phi) is 9.31. The standard InChI is InChI=1S/C41H36ClN3O4S/c1-5-44(6-2)40(47)36-25(3)43-41-45(38(36)37-31-14-10-8-12-28(31)18-22-34(37)48-4)39(46)35(50-41)23-32-30-13-9-7-11-27(30)17-21-33(32)49-24-26-15-19-29(42)20-16-26/h7-23,38H,5-6,24H2,1-4H3/b35-23+/t38-/m0/s1. The topological polar surface area (TPSA) is 73.1 Å². The minimum atomic E-state index is -0.768. The molecule has 1 atom stereocenters. The molecule has 0 radical (unpaired) electrons. The molecule has 0 spiro atoms. The summed E-state index contributed by atoms with van der Waals surface area (Å²) in [6.45, 7) is 7.14. The number of halogens is 1. The van der Waals surface area contributed by atoms with Crippen molar-refractivity contribution in [2.24, 2.45) is 4.99 Å². The maximum absolute atomic E-state index is 14.8. The third kappa shape index (κ3) is 5.99. The van der Waals surface area contributed by atoms with E-state index < -0.39 is 6.04 Å². The highest BCUT2D eigenvalue weighted by Crippen LogP contribution is 2.40. The number of hydrogen-bond acceptors (Lipinski definition) is 6. The lowest BCUT2D eigenvalue weighted by molar-refractivity contribution is -0.127. The van der Waals surface area contributed by atoms with Crippen molar-refractivity contribution in [2.75, 3.05) is 20.2 Å². The molecule has 0 N–H and O–H groups in total. The first-order valence-corrected chi connectivity index (χ1v) is 17.8. The maximum atomic E-state index is 14.8. The number of amides is 1. The summed E-state index contributed by atoms with van der Waals surface area (Å²) < 4.78 is 14.5. The maximum Gasteiger partial charge on any atom is 0.271 e. The number of fused-ring (bicyclic) bond motifs is 3. The molecule has 1 aromatic heterocycles. The van der Waals surface area contributed by atoms with Crippen LogP contribution in [-0.2, 0) is 11.4 Å². The molecule has 7 nitrogen and oxygen atoms in total. The normalized spacial score (nSPS) is 14.5. The van der Waals surface area contributed by atoms with Crippen LogP contribution in [0, 0.1) is 0 Å². The van der Waals surface area contributed by atoms with Gasteiger partial charge in [0.05, 0.1) is 22.9 Å². The first-order chi connectivity index (χ1) is 24.3. The van der Waals surface area contributed by atoms with Gasteiger partial charge < -0.3 is 14.4 Å². The lowest BCUT2D eigenvalue weighted by Gasteiger charge is -2.30. The van der Waals surface area contributed by atoms with E-state index in [1.165, 1.54) is 11.3 Å². The molecule has 1 amide bonds. The number of rotatable bonds is 9. The molecule has 0 unspecified atom stereocenters. The molecule has 0 aliphatic carbocycles. The predicted octanol–water partition coefficient (Wildman–Crippen LogP) is 7.65. The number of carbonyl (C=O) groups excluding carboxylic acids is 1. The summed E-state index contributed by atoms with van der Waals surface area (Å²) in [5.74, 6) is 1.08. The Morgan fingerprint density at radius 3 is 2.22 bits per heavy atom. The molecule has 0 bridgehead atoms. The summed E-state index contributed by atoms with van der Waals surface area (Å²) in [6.07, 6.45) is 1.89. The molecule has 1 aliphatic rings. The molecular formula is C41H36ClN3O4S. The van der Waals surface area contributed by atoms with E-state index in [2.05, 4.69) is 0 Å². The van der Waals surface area contributed by atoms with Gasteiger partial charge in [0.15, 0.2) is 4.80 Å². The lowest BCUT2D eigenvalue weighted by Crippen LogP contribution is -2.43. The van der Waals surface area contributed by atoms with Crippen LogP contribution in [0.5, 0.6) is 11.5 Å². The molecule has 50 heavy (non-hydrogen) atoms. The molecule has 0 fully saturated rings. The van der Waals surface area contributed by atoms with Crippen LogP contribution >= 0.6 is 22.9 Å². The summed E-state index contributed by atoms with van der Waals surface area (Å²) in [5.41, 5.74) is 3.30. The minimum Gasteiger partial charge on any atom is -0.496 e. The van der Waals surface area contributed by atoms with Gasteiger partial charge in [-0.15, -0.1) is 0 Å². The second kappa shape index (κ2) is 14.0. The molecule has 0 saturated heterocycles. The number of nitrogens with zero attached hydrogens (tertiary/aromatic N) is 3. The van der Waals surface area contributed by atoms with Crippen LogP contribution in [-0.4, -0.2) is 35.6 Å². The van der Waals surface area contributed by atoms with Gasteiger partial charge in [0.1, 0.15) is 24.1 Å². The zero-order valence-electron chi connectivity index (χ0n) is 28.3. The van der Waals surface area contributed by atoms with E-state index in [0.29, 0.717) is 56.8 Å². The van der Waals surface area contributed by atoms with Crippen LogP contribution in [0.1, 0.15) is 43.5 Å². The Labute approximate surface area is 299 Å². The molecule has 9 heteroatoms. The lowest BCUT2D eigenvalue weighted by atomic mass is 9.90. The highest BCUT2D eigenvalue weighted by atomic mass is 35.5. The molecule has 7 rings (SSSR count). The third-order valence-corrected chi connectivity index (χ3v) is 10.5. The number of hydrogen-bond donors (Lipinski definition) is 0. The number of likely N-dealkylation sites (N-methyl/N-ethyl adjacent to an activating group) is 1. The highest BCUT2D eigenvalue weighted by Gasteiger charge is 2.36. The van der Waals surface area contributed by atoms with Gasteiger partial charge >= 0.3 is 0 Å². The van der Waals surface area contributed by atoms with E-state index in [1.54, 1.807) is 16.6 Å². The summed E-state index contributed by atoms with van der Waals surface area (Å²) in [7, 11) is 1.62. The van der Waals surface area contributed by atoms with Crippen LogP contribution in [0.15, 0.2) is 118 Å². The van der Waals surface area contributed by atoms with E-state index >= 15 is 0 Å². The number of ether oxygens (including phenoxy) is 2. The van der Waals surface area contributed by atoms with Crippen LogP contribution in [0.3, 0.4) is 0 Å². The van der Waals surface area contributed by atoms with Crippen molar-refractivity contribution in [3.05, 3.63) is 150 Å². The number of carbonyl (C=O) groups is 1. The Balaban J connectivity index is 1.47. The van der Waals surface area contributed by atoms with Crippen LogP contribution in [0.2, 0.25) is 5.02 Å². The van der Waals surface area contributed by atoms with Gasteiger partial charge in [-0.2, -0.15) is 0 Å². The van der Waals surface area contributed by atoms with E-state index in [0.717, 1.165) is 38.2 Å². The highest BCUT2D eigenvalue weighted by molar-refractivity contribution is 7.07. The number of benzene rings is 5. The molecule has 0 saturated carbocycles. The quantitative estimate of drug-likeness (QED) is 0.155. The van der Waals surface area contributed by atoms with Crippen molar-refractivity contribution in [3.63, 3.8) is 0 Å². The van der Waals surface area contributed by atoms with Crippen molar-refractivity contribution in [1.82, 2.24) is 9.47 Å². The summed E-state index contributed by atoms with van der Waals surface area (Å²) in [5, 5.41) is 4.51. The number of methoxy groups -OCH3 is 1. The zero-order valence-corrected chi connectivity index (χ0v) is 29.8. The van der Waals surface area contributed by atoms with E-state index in [1.807, 2.05) is 124 Å². The van der Waals surface area contributed by atoms with E-state index in [9.17, 15) is 9.59 Å². The second-order valence-corrected chi connectivity index (χ2v) is 13.5. The fourth-order valence-corrected chi connectivity index (χ4v) is 7.86. The molecular weight excluding hydrogens is 666 g/mol. The third-order valence-electron chi connectivity index (χ3n) is 9.24. The average Bonchev–Trinajstić information content (AvgIpc) is 3.44. The smallest absolute Gasteiger partial charge is 0.271 e. The van der Waals surface area contributed by atoms with Gasteiger partial charge in [-0.05, 0) is 78.2 Å². The Bertz CT molecular complexity index is 2480. The van der Waals surface area contributed by atoms with Gasteiger partial charge in [0.25, 0.3) is 11.5 Å². The van der Waals surface area contributed by atoms with Crippen molar-refractivity contribution in [3.8, 4) is 11.5 Å². The fourth-order valence-electron chi connectivity index (χ4n) is 6.71. The zero-order chi connectivity index (χ0) is 34.9. The van der Waals surface area contributed by atoms with Crippen LogP contribution in [0.25, 0.3) is 27.6 Å². The monoisotopic (exact) mass is 701 g/mol. The van der Waals surface area contributed by atoms with Crippen molar-refractivity contribution >= 4 is 56.5 Å². The fraction of sp³-hybridized carbons (Fsp3) is 0.195. The predicted molar refractivity (Wildman–Crippen MR) is 202 cm³/mol. The molecule has 6 aromatic rings. The summed E-state index contributed by atoms with van der Waals surface area (Å²) in [6, 6.07) is 30.6. The SMILES string of the molecule is CCN(CC)C(=O)C1=C(C)N=c2s/c(=C/c3c(OCc4ccc(Cl)cc4)ccc4ccccc34)c(=O)n2[C@@H]1c1c(OC)ccc2ccccc12. The Hall–Kier alpha value is -5.18. The average molecular weight is 702 g/mol. The van der Waals surface area contributed by atoms with Crippen molar-refractivity contribution < 1.29 is 14.3 Å². The van der Waals surface area contributed by atoms with Crippen LogP contribution < -0.4 is 24.4 Å².